The molecule has 3 aromatic carbocycles. The Hall–Kier alpha value is -1.27. The van der Waals surface area contributed by atoms with Gasteiger partial charge in [0, 0.05) is 0 Å². The van der Waals surface area contributed by atoms with Gasteiger partial charge in [0.1, 0.15) is 0 Å². The summed E-state index contributed by atoms with van der Waals surface area (Å²) >= 11 is -3.97. The predicted molar refractivity (Wildman–Crippen MR) is 178 cm³/mol. The van der Waals surface area contributed by atoms with Crippen molar-refractivity contribution in [3.05, 3.63) is 87.2 Å². The van der Waals surface area contributed by atoms with Crippen LogP contribution in [0.3, 0.4) is 0 Å². The Morgan fingerprint density at radius 2 is 1.38 bits per heavy atom. The van der Waals surface area contributed by atoms with Crippen LogP contribution in [-0.2, 0) is 24.7 Å². The number of rotatable bonds is 6. The summed E-state index contributed by atoms with van der Waals surface area (Å²) in [6.45, 7) is 0. The first-order valence-corrected chi connectivity index (χ1v) is 23.3. The van der Waals surface area contributed by atoms with Crippen LogP contribution in [0.2, 0.25) is 8.26 Å². The summed E-state index contributed by atoms with van der Waals surface area (Å²) in [5.41, 5.74) is 6.05. The zero-order chi connectivity index (χ0) is 25.6. The molecular formula is C37H46Cl2Zr. The summed E-state index contributed by atoms with van der Waals surface area (Å²) in [5, 5.41) is 3.07. The molecule has 0 N–H and O–H groups in total. The van der Waals surface area contributed by atoms with Crippen molar-refractivity contribution in [1.29, 1.82) is 0 Å². The quantitative estimate of drug-likeness (QED) is 0.194. The van der Waals surface area contributed by atoms with Crippen molar-refractivity contribution in [2.75, 3.05) is 0 Å². The zero-order valence-electron chi connectivity index (χ0n) is 24.0. The van der Waals surface area contributed by atoms with E-state index >= 15 is 0 Å². The zero-order valence-corrected chi connectivity index (χ0v) is 28.1. The van der Waals surface area contributed by atoms with E-state index in [1.807, 2.05) is 0 Å². The van der Waals surface area contributed by atoms with Crippen molar-refractivity contribution in [3.63, 3.8) is 0 Å². The van der Waals surface area contributed by atoms with E-state index in [9.17, 15) is 0 Å². The average Bonchev–Trinajstić information content (AvgIpc) is 3.63. The summed E-state index contributed by atoms with van der Waals surface area (Å²) in [7, 11) is 0. The van der Waals surface area contributed by atoms with Crippen molar-refractivity contribution in [1.82, 2.24) is 0 Å². The van der Waals surface area contributed by atoms with Crippen molar-refractivity contribution in [2.45, 2.75) is 85.3 Å². The normalized spacial score (nSPS) is 19.5. The van der Waals surface area contributed by atoms with Crippen LogP contribution in [0.25, 0.3) is 21.9 Å². The SMILES string of the molecule is Cl.Cl.[CH2]=[Zr]([CH2]C1CCCCC1)([CH2]C1CCCCC1)([C]1=CC=CC1)[c]1cccc2ccc3c(c12)Cc1ccccc1-3. The van der Waals surface area contributed by atoms with Gasteiger partial charge in [-0.05, 0) is 0 Å². The first-order valence-electron chi connectivity index (χ1n) is 15.7. The maximum absolute atomic E-state index is 5.77. The number of halogens is 2. The summed E-state index contributed by atoms with van der Waals surface area (Å²) in [5.74, 6) is 1.72. The summed E-state index contributed by atoms with van der Waals surface area (Å²) in [6.07, 6.45) is 23.9. The third kappa shape index (κ3) is 5.12. The fraction of sp³-hybridized carbons (Fsp3) is 0.432. The van der Waals surface area contributed by atoms with Gasteiger partial charge in [0.05, 0.1) is 0 Å². The van der Waals surface area contributed by atoms with Gasteiger partial charge in [-0.3, -0.25) is 0 Å². The van der Waals surface area contributed by atoms with Gasteiger partial charge in [-0.25, -0.2) is 0 Å². The second-order valence-electron chi connectivity index (χ2n) is 13.5. The molecular weight excluding hydrogens is 607 g/mol. The minimum absolute atomic E-state index is 0. The standard InChI is InChI=1S/C17H11.2C7H13.C5H5.CH2.2ClH.Zr/c1-3-7-14-12(5-1)9-10-16-15-8-4-2-6-13(15)11-17(14)16;2*1-7-5-3-2-4-6-7;1-2-4-5-3-1;;;;/h1-6,8-10H,11H2;2*7H,1-6H2;1-3H,4H2;1H2;2*1H;. The molecule has 0 aliphatic heterocycles. The molecule has 0 amide bonds. The van der Waals surface area contributed by atoms with E-state index in [4.69, 9.17) is 4.21 Å². The second kappa shape index (κ2) is 12.2. The van der Waals surface area contributed by atoms with Gasteiger partial charge < -0.3 is 0 Å². The van der Waals surface area contributed by atoms with Crippen LogP contribution >= 0.6 is 24.8 Å². The molecule has 7 rings (SSSR count). The number of allylic oxidation sites excluding steroid dienone is 4. The van der Waals surface area contributed by atoms with Gasteiger partial charge in [0.2, 0.25) is 0 Å². The van der Waals surface area contributed by atoms with Crippen molar-refractivity contribution < 1.29 is 18.3 Å². The third-order valence-electron chi connectivity index (χ3n) is 11.2. The molecule has 0 heterocycles. The van der Waals surface area contributed by atoms with Crippen molar-refractivity contribution in [3.8, 4) is 11.1 Å². The molecule has 0 spiro atoms. The molecule has 212 valence electrons. The van der Waals surface area contributed by atoms with Crippen LogP contribution in [0.4, 0.5) is 0 Å². The molecule has 4 aliphatic rings. The van der Waals surface area contributed by atoms with E-state index in [2.05, 4.69) is 72.8 Å². The molecule has 3 aromatic rings. The Bertz CT molecular complexity index is 1470. The first-order chi connectivity index (χ1) is 18.6. The van der Waals surface area contributed by atoms with Crippen LogP contribution in [0.15, 0.2) is 76.1 Å². The number of hydrogen-bond acceptors (Lipinski definition) is 0. The predicted octanol–water partition coefficient (Wildman–Crippen LogP) is 10.8. The Kier molecular flexibility index (Phi) is 9.17. The van der Waals surface area contributed by atoms with Crippen LogP contribution in [0, 0.1) is 11.8 Å². The molecule has 0 nitrogen and oxygen atoms in total. The molecule has 0 aromatic heterocycles. The molecule has 4 aliphatic carbocycles. The van der Waals surface area contributed by atoms with Gasteiger partial charge in [-0.1, -0.05) is 0 Å². The van der Waals surface area contributed by atoms with Gasteiger partial charge in [0.15, 0.2) is 0 Å². The molecule has 0 saturated heterocycles. The average molecular weight is 653 g/mol. The summed E-state index contributed by atoms with van der Waals surface area (Å²) < 4.78 is 12.1. The molecule has 3 heteroatoms. The number of benzene rings is 3. The maximum atomic E-state index is 5.77. The van der Waals surface area contributed by atoms with E-state index in [-0.39, 0.29) is 24.8 Å². The van der Waals surface area contributed by atoms with E-state index < -0.39 is 18.3 Å². The first kappa shape index (κ1) is 30.2. The fourth-order valence-electron chi connectivity index (χ4n) is 9.41. The topological polar surface area (TPSA) is 0 Å². The molecule has 0 radical (unpaired) electrons. The minimum atomic E-state index is -3.97. The van der Waals surface area contributed by atoms with Crippen LogP contribution < -0.4 is 3.27 Å². The third-order valence-corrected chi connectivity index (χ3v) is 28.4. The van der Waals surface area contributed by atoms with Crippen LogP contribution in [0.5, 0.6) is 0 Å². The Labute approximate surface area is 255 Å². The van der Waals surface area contributed by atoms with E-state index in [1.165, 1.54) is 94.5 Å². The van der Waals surface area contributed by atoms with Gasteiger partial charge in [-0.15, -0.1) is 24.8 Å². The molecule has 0 bridgehead atoms. The summed E-state index contributed by atoms with van der Waals surface area (Å²) in [4.78, 5) is 0. The van der Waals surface area contributed by atoms with Crippen LogP contribution in [0.1, 0.15) is 81.8 Å². The van der Waals surface area contributed by atoms with Crippen molar-refractivity contribution >= 4 is 43.1 Å². The number of fused-ring (bicyclic) bond motifs is 5. The molecule has 2 fully saturated rings. The molecule has 40 heavy (non-hydrogen) atoms. The van der Waals surface area contributed by atoms with Gasteiger partial charge >= 0.3 is 232 Å². The van der Waals surface area contributed by atoms with Gasteiger partial charge in [0.25, 0.3) is 0 Å². The number of hydrogen-bond donors (Lipinski definition) is 0. The molecule has 0 atom stereocenters. The fourth-order valence-corrected chi connectivity index (χ4v) is 28.5. The van der Waals surface area contributed by atoms with Crippen LogP contribution in [-0.4, -0.2) is 4.21 Å². The Morgan fingerprint density at radius 1 is 0.700 bits per heavy atom. The molecule has 0 unspecified atom stereocenters. The monoisotopic (exact) mass is 650 g/mol. The van der Waals surface area contributed by atoms with Gasteiger partial charge in [-0.2, -0.15) is 0 Å². The Balaban J connectivity index is 0.00000161. The summed E-state index contributed by atoms with van der Waals surface area (Å²) in [6, 6.07) is 21.4. The molecule has 2 saturated carbocycles. The Morgan fingerprint density at radius 3 is 2.02 bits per heavy atom. The van der Waals surface area contributed by atoms with E-state index in [0.717, 1.165) is 24.7 Å². The van der Waals surface area contributed by atoms with E-state index in [0.29, 0.717) is 0 Å². The second-order valence-corrected chi connectivity index (χ2v) is 27.9. The van der Waals surface area contributed by atoms with E-state index in [1.54, 1.807) is 17.5 Å². The van der Waals surface area contributed by atoms with Crippen molar-refractivity contribution in [2.24, 2.45) is 11.8 Å².